The van der Waals surface area contributed by atoms with Crippen molar-refractivity contribution >= 4 is 16.8 Å². The largest absolute Gasteiger partial charge is 0.364 e. The zero-order valence-corrected chi connectivity index (χ0v) is 12.4. The van der Waals surface area contributed by atoms with E-state index in [4.69, 9.17) is 4.52 Å². The van der Waals surface area contributed by atoms with Crippen LogP contribution >= 0.6 is 0 Å². The van der Waals surface area contributed by atoms with Gasteiger partial charge in [0.1, 0.15) is 12.8 Å². The number of hydrogen-bond acceptors (Lipinski definition) is 5. The molecule has 7 nitrogen and oxygen atoms in total. The highest BCUT2D eigenvalue weighted by atomic mass is 16.5. The molecule has 0 aliphatic heterocycles. The summed E-state index contributed by atoms with van der Waals surface area (Å²) in [4.78, 5) is 28.4. The molecule has 0 radical (unpaired) electrons. The first-order valence-electron chi connectivity index (χ1n) is 7.33. The van der Waals surface area contributed by atoms with Crippen molar-refractivity contribution in [2.24, 2.45) is 0 Å². The van der Waals surface area contributed by atoms with Crippen molar-refractivity contribution in [2.75, 3.05) is 6.54 Å². The number of rotatable bonds is 6. The molecule has 1 amide bonds. The molecule has 0 saturated carbocycles. The summed E-state index contributed by atoms with van der Waals surface area (Å²) in [6.45, 7) is 0.490. The molecule has 0 spiro atoms. The predicted molar refractivity (Wildman–Crippen MR) is 83.8 cm³/mol. The maximum Gasteiger partial charge on any atom is 0.261 e. The second-order valence-corrected chi connectivity index (χ2v) is 5.18. The highest BCUT2D eigenvalue weighted by Gasteiger charge is 2.07. The van der Waals surface area contributed by atoms with Gasteiger partial charge >= 0.3 is 0 Å². The van der Waals surface area contributed by atoms with Crippen LogP contribution in [0.2, 0.25) is 0 Å². The summed E-state index contributed by atoms with van der Waals surface area (Å²) in [6, 6.07) is 7.08. The molecule has 0 bridgehead atoms. The SMILES string of the molecule is O=C(Cn1cnc2ccccc2c1=O)NCCCc1cnoc1. The molecule has 7 heteroatoms. The number of amides is 1. The summed E-state index contributed by atoms with van der Waals surface area (Å²) < 4.78 is 6.05. The molecule has 1 aromatic carbocycles. The lowest BCUT2D eigenvalue weighted by Gasteiger charge is -2.07. The normalized spacial score (nSPS) is 10.8. The number of carbonyl (C=O) groups excluding carboxylic acids is 1. The fourth-order valence-corrected chi connectivity index (χ4v) is 2.30. The fraction of sp³-hybridized carbons (Fsp3) is 0.250. The Balaban J connectivity index is 1.55. The molecular formula is C16H16N4O3. The number of para-hydroxylation sites is 1. The van der Waals surface area contributed by atoms with Crippen molar-refractivity contribution in [1.29, 1.82) is 0 Å². The second kappa shape index (κ2) is 6.87. The van der Waals surface area contributed by atoms with Crippen LogP contribution in [0.3, 0.4) is 0 Å². The standard InChI is InChI=1S/C16H16N4O3/c21-15(17-7-3-4-12-8-19-23-10-12)9-20-11-18-14-6-2-1-5-13(14)16(20)22/h1-2,5-6,8,10-11H,3-4,7,9H2,(H,17,21). The first-order valence-corrected chi connectivity index (χ1v) is 7.33. The Kier molecular flexibility index (Phi) is 4.46. The van der Waals surface area contributed by atoms with Crippen LogP contribution < -0.4 is 10.9 Å². The Morgan fingerprint density at radius 2 is 2.17 bits per heavy atom. The summed E-state index contributed by atoms with van der Waals surface area (Å²) in [5.41, 5.74) is 1.41. The molecule has 0 fully saturated rings. The van der Waals surface area contributed by atoms with Crippen LogP contribution in [-0.2, 0) is 17.8 Å². The monoisotopic (exact) mass is 312 g/mol. The minimum atomic E-state index is -0.213. The maximum absolute atomic E-state index is 12.3. The van der Waals surface area contributed by atoms with Crippen LogP contribution in [-0.4, -0.2) is 27.2 Å². The van der Waals surface area contributed by atoms with Gasteiger partial charge in [0.15, 0.2) is 0 Å². The maximum atomic E-state index is 12.3. The minimum Gasteiger partial charge on any atom is -0.364 e. The summed E-state index contributed by atoms with van der Waals surface area (Å²) in [5, 5.41) is 6.92. The Bertz CT molecular complexity index is 855. The van der Waals surface area contributed by atoms with Gasteiger partial charge < -0.3 is 9.84 Å². The van der Waals surface area contributed by atoms with E-state index in [2.05, 4.69) is 15.5 Å². The van der Waals surface area contributed by atoms with Gasteiger partial charge in [-0.3, -0.25) is 14.2 Å². The zero-order valence-electron chi connectivity index (χ0n) is 12.4. The first kappa shape index (κ1) is 15.0. The van der Waals surface area contributed by atoms with E-state index in [1.165, 1.54) is 10.9 Å². The lowest BCUT2D eigenvalue weighted by atomic mass is 10.2. The van der Waals surface area contributed by atoms with Crippen LogP contribution in [0.1, 0.15) is 12.0 Å². The summed E-state index contributed by atoms with van der Waals surface area (Å²) in [5.74, 6) is -0.213. The zero-order chi connectivity index (χ0) is 16.1. The van der Waals surface area contributed by atoms with E-state index < -0.39 is 0 Å². The fourth-order valence-electron chi connectivity index (χ4n) is 2.30. The molecule has 2 heterocycles. The van der Waals surface area contributed by atoms with E-state index >= 15 is 0 Å². The van der Waals surface area contributed by atoms with Crippen molar-refractivity contribution in [1.82, 2.24) is 20.0 Å². The van der Waals surface area contributed by atoms with Gasteiger partial charge in [-0.25, -0.2) is 4.98 Å². The van der Waals surface area contributed by atoms with Gasteiger partial charge in [-0.05, 0) is 25.0 Å². The van der Waals surface area contributed by atoms with Crippen LogP contribution in [0.5, 0.6) is 0 Å². The molecular weight excluding hydrogens is 296 g/mol. The topological polar surface area (TPSA) is 90.0 Å². The smallest absolute Gasteiger partial charge is 0.261 e. The third kappa shape index (κ3) is 3.63. The quantitative estimate of drug-likeness (QED) is 0.689. The number of hydrogen-bond donors (Lipinski definition) is 1. The van der Waals surface area contributed by atoms with Gasteiger partial charge in [0.25, 0.3) is 5.56 Å². The number of nitrogens with one attached hydrogen (secondary N) is 1. The van der Waals surface area contributed by atoms with Gasteiger partial charge in [-0.15, -0.1) is 0 Å². The Morgan fingerprint density at radius 3 is 3.00 bits per heavy atom. The van der Waals surface area contributed by atoms with Gasteiger partial charge in [-0.1, -0.05) is 17.3 Å². The molecule has 0 aliphatic carbocycles. The van der Waals surface area contributed by atoms with Crippen molar-refractivity contribution in [3.05, 3.63) is 59.0 Å². The third-order valence-electron chi connectivity index (χ3n) is 3.49. The van der Waals surface area contributed by atoms with E-state index in [-0.39, 0.29) is 18.0 Å². The molecule has 0 unspecified atom stereocenters. The number of fused-ring (bicyclic) bond motifs is 1. The summed E-state index contributed by atoms with van der Waals surface area (Å²) in [6.07, 6.45) is 6.20. The van der Waals surface area contributed by atoms with Crippen LogP contribution in [0.4, 0.5) is 0 Å². The Hall–Kier alpha value is -2.96. The average Bonchev–Trinajstić information content (AvgIpc) is 3.08. The molecule has 3 aromatic rings. The number of benzene rings is 1. The number of aryl methyl sites for hydroxylation is 1. The summed E-state index contributed by atoms with van der Waals surface area (Å²) >= 11 is 0. The molecule has 0 aliphatic rings. The number of carbonyl (C=O) groups is 1. The van der Waals surface area contributed by atoms with E-state index in [9.17, 15) is 9.59 Å². The molecule has 2 aromatic heterocycles. The Morgan fingerprint density at radius 1 is 1.30 bits per heavy atom. The van der Waals surface area contributed by atoms with Gasteiger partial charge in [0, 0.05) is 12.1 Å². The van der Waals surface area contributed by atoms with Gasteiger partial charge in [0.05, 0.1) is 23.4 Å². The number of aromatic nitrogens is 3. The Labute approximate surface area is 131 Å². The molecule has 1 N–H and O–H groups in total. The lowest BCUT2D eigenvalue weighted by molar-refractivity contribution is -0.121. The third-order valence-corrected chi connectivity index (χ3v) is 3.49. The highest BCUT2D eigenvalue weighted by molar-refractivity contribution is 5.78. The van der Waals surface area contributed by atoms with Crippen LogP contribution in [0.25, 0.3) is 10.9 Å². The summed E-state index contributed by atoms with van der Waals surface area (Å²) in [7, 11) is 0. The average molecular weight is 312 g/mol. The lowest BCUT2D eigenvalue weighted by Crippen LogP contribution is -2.33. The van der Waals surface area contributed by atoms with Crippen LogP contribution in [0, 0.1) is 0 Å². The van der Waals surface area contributed by atoms with Gasteiger partial charge in [0.2, 0.25) is 5.91 Å². The van der Waals surface area contributed by atoms with Crippen LogP contribution in [0.15, 0.2) is 52.4 Å². The first-order chi connectivity index (χ1) is 11.2. The highest BCUT2D eigenvalue weighted by Crippen LogP contribution is 2.04. The van der Waals surface area contributed by atoms with E-state index in [1.54, 1.807) is 30.7 Å². The molecule has 3 rings (SSSR count). The predicted octanol–water partition coefficient (Wildman–Crippen LogP) is 1.13. The van der Waals surface area contributed by atoms with E-state index in [1.807, 2.05) is 6.07 Å². The number of nitrogens with zero attached hydrogens (tertiary/aromatic N) is 3. The van der Waals surface area contributed by atoms with Gasteiger partial charge in [-0.2, -0.15) is 0 Å². The van der Waals surface area contributed by atoms with E-state index in [0.717, 1.165) is 18.4 Å². The second-order valence-electron chi connectivity index (χ2n) is 5.18. The van der Waals surface area contributed by atoms with Crippen molar-refractivity contribution < 1.29 is 9.32 Å². The van der Waals surface area contributed by atoms with Crippen molar-refractivity contribution in [3.8, 4) is 0 Å². The van der Waals surface area contributed by atoms with E-state index in [0.29, 0.717) is 17.4 Å². The molecule has 0 saturated heterocycles. The van der Waals surface area contributed by atoms with Crippen molar-refractivity contribution in [2.45, 2.75) is 19.4 Å². The molecule has 118 valence electrons. The van der Waals surface area contributed by atoms with Crippen molar-refractivity contribution in [3.63, 3.8) is 0 Å². The molecule has 23 heavy (non-hydrogen) atoms. The molecule has 0 atom stereocenters. The minimum absolute atomic E-state index is 0.0378.